The number of hydrogen-bond acceptors (Lipinski definition) is 7. The van der Waals surface area contributed by atoms with Crippen molar-refractivity contribution in [3.8, 4) is 0 Å². The van der Waals surface area contributed by atoms with Crippen LogP contribution in [0.25, 0.3) is 0 Å². The number of anilines is 1. The molecular weight excluding hydrogens is 354 g/mol. The average Bonchev–Trinajstić information content (AvgIpc) is 3.30. The van der Waals surface area contributed by atoms with Crippen LogP contribution in [-0.2, 0) is 16.0 Å². The molecule has 26 heavy (non-hydrogen) atoms. The molecule has 1 atom stereocenters. The van der Waals surface area contributed by atoms with Gasteiger partial charge in [0.05, 0.1) is 12.1 Å². The van der Waals surface area contributed by atoms with Gasteiger partial charge in [0.15, 0.2) is 0 Å². The van der Waals surface area contributed by atoms with Crippen molar-refractivity contribution in [1.82, 2.24) is 14.8 Å². The zero-order chi connectivity index (χ0) is 18.3. The number of hydrazone groups is 1. The van der Waals surface area contributed by atoms with Crippen LogP contribution >= 0.6 is 11.3 Å². The summed E-state index contributed by atoms with van der Waals surface area (Å²) in [6.07, 6.45) is 1.78. The predicted octanol–water partition coefficient (Wildman–Crippen LogP) is 1.12. The highest BCUT2D eigenvalue weighted by Gasteiger charge is 2.35. The van der Waals surface area contributed by atoms with Crippen molar-refractivity contribution in [3.05, 3.63) is 34.2 Å². The van der Waals surface area contributed by atoms with Gasteiger partial charge in [-0.1, -0.05) is 6.07 Å². The first-order valence-electron chi connectivity index (χ1n) is 7.89. The van der Waals surface area contributed by atoms with Gasteiger partial charge >= 0.3 is 0 Å². The van der Waals surface area contributed by atoms with E-state index in [1.807, 2.05) is 17.5 Å². The molecule has 2 aromatic rings. The van der Waals surface area contributed by atoms with E-state index in [1.165, 1.54) is 27.2 Å². The molecule has 0 fully saturated rings. The molecule has 0 aliphatic carbocycles. The predicted molar refractivity (Wildman–Crippen MR) is 98.6 cm³/mol. The lowest BCUT2D eigenvalue weighted by Gasteiger charge is -2.17. The van der Waals surface area contributed by atoms with E-state index in [0.717, 1.165) is 4.88 Å². The largest absolute Gasteiger partial charge is 0.310 e. The Balaban J connectivity index is 1.61. The van der Waals surface area contributed by atoms with E-state index in [-0.39, 0.29) is 24.2 Å². The number of aliphatic imine (C=N–C) groups is 2. The molecule has 0 aromatic carbocycles. The summed E-state index contributed by atoms with van der Waals surface area (Å²) in [7, 11) is 1.71. The number of fused-ring (bicyclic) bond motifs is 1. The number of carbonyl (C=O) groups excluding carboxylic acids is 2. The zero-order valence-corrected chi connectivity index (χ0v) is 14.9. The Bertz CT molecular complexity index is 971. The quantitative estimate of drug-likeness (QED) is 0.875. The smallest absolute Gasteiger partial charge is 0.265 e. The summed E-state index contributed by atoms with van der Waals surface area (Å²) in [6, 6.07) is 5.51. The van der Waals surface area contributed by atoms with Gasteiger partial charge in [-0.25, -0.2) is 0 Å². The molecular formula is C16H15N7O2S. The lowest BCUT2D eigenvalue weighted by Crippen LogP contribution is -2.35. The van der Waals surface area contributed by atoms with Gasteiger partial charge in [-0.15, -0.1) is 11.3 Å². The normalized spacial score (nSPS) is 18.6. The maximum atomic E-state index is 12.3. The van der Waals surface area contributed by atoms with Crippen molar-refractivity contribution in [2.75, 3.05) is 12.4 Å². The highest BCUT2D eigenvalue weighted by atomic mass is 32.1. The molecule has 1 N–H and O–H groups in total. The van der Waals surface area contributed by atoms with Crippen molar-refractivity contribution >= 4 is 47.0 Å². The fourth-order valence-electron chi connectivity index (χ4n) is 2.70. The molecule has 2 aromatic heterocycles. The van der Waals surface area contributed by atoms with Gasteiger partial charge < -0.3 is 5.32 Å². The van der Waals surface area contributed by atoms with Crippen LogP contribution in [0, 0.1) is 12.8 Å². The van der Waals surface area contributed by atoms with Crippen LogP contribution in [0.2, 0.25) is 0 Å². The lowest BCUT2D eigenvalue weighted by molar-refractivity contribution is -0.118. The first kappa shape index (κ1) is 16.3. The van der Waals surface area contributed by atoms with Gasteiger partial charge in [0.1, 0.15) is 17.6 Å². The van der Waals surface area contributed by atoms with E-state index < -0.39 is 5.92 Å². The van der Waals surface area contributed by atoms with E-state index in [2.05, 4.69) is 25.5 Å². The highest BCUT2D eigenvalue weighted by molar-refractivity contribution is 7.10. The lowest BCUT2D eigenvalue weighted by atomic mass is 10.1. The number of aromatic nitrogens is 2. The minimum atomic E-state index is -0.558. The molecule has 4 rings (SSSR count). The molecule has 9 nitrogen and oxygen atoms in total. The summed E-state index contributed by atoms with van der Waals surface area (Å²) in [5, 5.41) is 14.6. The molecule has 10 heteroatoms. The molecule has 4 heterocycles. The molecule has 2 aliphatic heterocycles. The van der Waals surface area contributed by atoms with Gasteiger partial charge in [-0.05, 0) is 18.4 Å². The molecule has 0 bridgehead atoms. The zero-order valence-electron chi connectivity index (χ0n) is 14.1. The van der Waals surface area contributed by atoms with Gasteiger partial charge in [-0.3, -0.25) is 14.6 Å². The van der Waals surface area contributed by atoms with Crippen molar-refractivity contribution in [2.45, 2.75) is 13.3 Å². The van der Waals surface area contributed by atoms with Crippen LogP contribution in [0.5, 0.6) is 0 Å². The standard InChI is InChI=1S/C16H15N7O2S/c1-9-6-12(18-13(24)7-10-4-3-5-26-10)23(21-9)16-19-14-11(15(25)20-16)8-17-22(14)2/h3-6,8,11H,7H2,1-2H3,(H,18,24). The molecule has 2 aliphatic rings. The van der Waals surface area contributed by atoms with E-state index in [0.29, 0.717) is 17.3 Å². The summed E-state index contributed by atoms with van der Waals surface area (Å²) < 4.78 is 1.37. The third kappa shape index (κ3) is 2.94. The van der Waals surface area contributed by atoms with Crippen LogP contribution in [-0.4, -0.2) is 51.7 Å². The maximum Gasteiger partial charge on any atom is 0.265 e. The number of amides is 2. The number of nitrogens with zero attached hydrogens (tertiary/aromatic N) is 6. The van der Waals surface area contributed by atoms with Gasteiger partial charge in [0.25, 0.3) is 11.9 Å². The van der Waals surface area contributed by atoms with Crippen molar-refractivity contribution in [2.24, 2.45) is 21.0 Å². The van der Waals surface area contributed by atoms with Crippen LogP contribution in [0.1, 0.15) is 10.6 Å². The second-order valence-corrected chi connectivity index (χ2v) is 6.91. The third-order valence-corrected chi connectivity index (χ3v) is 4.77. The summed E-state index contributed by atoms with van der Waals surface area (Å²) >= 11 is 1.52. The molecule has 0 spiro atoms. The molecule has 132 valence electrons. The van der Waals surface area contributed by atoms with Crippen LogP contribution < -0.4 is 5.32 Å². The second-order valence-electron chi connectivity index (χ2n) is 5.87. The van der Waals surface area contributed by atoms with E-state index >= 15 is 0 Å². The Morgan fingerprint density at radius 2 is 2.23 bits per heavy atom. The molecule has 1 unspecified atom stereocenters. The number of hydrogen-bond donors (Lipinski definition) is 1. The Labute approximate surface area is 152 Å². The number of thiophene rings is 1. The average molecular weight is 369 g/mol. The monoisotopic (exact) mass is 369 g/mol. The van der Waals surface area contributed by atoms with Crippen LogP contribution in [0.3, 0.4) is 0 Å². The number of rotatable bonds is 3. The SMILES string of the molecule is Cc1cc(NC(=O)Cc2cccs2)n(C2=NC(=O)C3C=NN(C)C3=N2)n1. The fourth-order valence-corrected chi connectivity index (χ4v) is 3.40. The van der Waals surface area contributed by atoms with Crippen molar-refractivity contribution in [1.29, 1.82) is 0 Å². The van der Waals surface area contributed by atoms with E-state index in [9.17, 15) is 9.59 Å². The van der Waals surface area contributed by atoms with Gasteiger partial charge in [0.2, 0.25) is 5.91 Å². The molecule has 0 radical (unpaired) electrons. The Kier molecular flexibility index (Phi) is 3.96. The summed E-state index contributed by atoms with van der Waals surface area (Å²) in [5.74, 6) is -0.0790. The molecule has 0 saturated heterocycles. The highest BCUT2D eigenvalue weighted by Crippen LogP contribution is 2.19. The van der Waals surface area contributed by atoms with Crippen LogP contribution in [0.15, 0.2) is 38.7 Å². The first-order valence-corrected chi connectivity index (χ1v) is 8.77. The molecule has 2 amide bonds. The minimum absolute atomic E-state index is 0.109. The molecule has 0 saturated carbocycles. The fraction of sp³-hybridized carbons (Fsp3) is 0.250. The Morgan fingerprint density at radius 1 is 1.38 bits per heavy atom. The third-order valence-electron chi connectivity index (χ3n) is 3.89. The number of aryl methyl sites for hydroxylation is 1. The maximum absolute atomic E-state index is 12.3. The Hall–Kier alpha value is -3.14. The number of amidine groups is 1. The van der Waals surface area contributed by atoms with E-state index in [4.69, 9.17) is 0 Å². The number of carbonyl (C=O) groups is 2. The topological polar surface area (TPSA) is 104 Å². The minimum Gasteiger partial charge on any atom is -0.310 e. The van der Waals surface area contributed by atoms with Crippen LogP contribution in [0.4, 0.5) is 5.82 Å². The number of nitrogens with one attached hydrogen (secondary N) is 1. The van der Waals surface area contributed by atoms with Crippen molar-refractivity contribution in [3.63, 3.8) is 0 Å². The Morgan fingerprint density at radius 3 is 3.00 bits per heavy atom. The second kappa shape index (κ2) is 6.30. The summed E-state index contributed by atoms with van der Waals surface area (Å²) in [6.45, 7) is 1.79. The first-order chi connectivity index (χ1) is 12.5. The summed E-state index contributed by atoms with van der Waals surface area (Å²) in [4.78, 5) is 33.9. The van der Waals surface area contributed by atoms with Gasteiger partial charge in [0, 0.05) is 24.2 Å². The van der Waals surface area contributed by atoms with E-state index in [1.54, 1.807) is 20.0 Å². The summed E-state index contributed by atoms with van der Waals surface area (Å²) in [5.41, 5.74) is 0.671. The van der Waals surface area contributed by atoms with Crippen molar-refractivity contribution < 1.29 is 9.59 Å². The van der Waals surface area contributed by atoms with Gasteiger partial charge in [-0.2, -0.15) is 24.9 Å².